The van der Waals surface area contributed by atoms with Crippen molar-refractivity contribution in [3.63, 3.8) is 0 Å². The normalized spacial score (nSPS) is 13.4. The number of nitrogens with zero attached hydrogens (tertiary/aromatic N) is 1. The molecule has 0 heterocycles. The summed E-state index contributed by atoms with van der Waals surface area (Å²) in [5.41, 5.74) is 1.64. The van der Waals surface area contributed by atoms with Gasteiger partial charge >= 0.3 is 6.18 Å². The molecule has 0 spiro atoms. The van der Waals surface area contributed by atoms with E-state index in [1.54, 1.807) is 12.1 Å². The van der Waals surface area contributed by atoms with E-state index in [4.69, 9.17) is 0 Å². The molecule has 0 saturated carbocycles. The van der Waals surface area contributed by atoms with Crippen LogP contribution < -0.4 is 10.2 Å². The molecule has 0 aliphatic carbocycles. The first-order valence-electron chi connectivity index (χ1n) is 5.94. The smallest absolute Gasteiger partial charge is 0.366 e. The standard InChI is InChI=1S/C13H19F3N2/c1-4-17-10(2)11-5-7-12(8-6-11)18(3)9-13(14,15)16/h5-8,10,17H,4,9H2,1-3H3. The van der Waals surface area contributed by atoms with Crippen LogP contribution in [0.4, 0.5) is 18.9 Å². The summed E-state index contributed by atoms with van der Waals surface area (Å²) in [6.45, 7) is 3.96. The minimum atomic E-state index is -4.18. The molecular formula is C13H19F3N2. The lowest BCUT2D eigenvalue weighted by atomic mass is 10.1. The van der Waals surface area contributed by atoms with Gasteiger partial charge in [-0.25, -0.2) is 0 Å². The van der Waals surface area contributed by atoms with Gasteiger partial charge in [0.15, 0.2) is 0 Å². The molecule has 1 N–H and O–H groups in total. The molecule has 0 fully saturated rings. The zero-order valence-corrected chi connectivity index (χ0v) is 10.9. The molecule has 0 aliphatic heterocycles. The van der Waals surface area contributed by atoms with Gasteiger partial charge in [0, 0.05) is 18.8 Å². The lowest BCUT2D eigenvalue weighted by Gasteiger charge is -2.21. The Morgan fingerprint density at radius 1 is 1.22 bits per heavy atom. The predicted octanol–water partition coefficient (Wildman–Crippen LogP) is 3.36. The average Bonchev–Trinajstić information content (AvgIpc) is 2.27. The molecule has 0 aromatic heterocycles. The Morgan fingerprint density at radius 2 is 1.78 bits per heavy atom. The number of alkyl halides is 3. The number of benzene rings is 1. The number of hydrogen-bond acceptors (Lipinski definition) is 2. The van der Waals surface area contributed by atoms with Gasteiger partial charge in [-0.2, -0.15) is 13.2 Å². The first kappa shape index (κ1) is 14.8. The fourth-order valence-corrected chi connectivity index (χ4v) is 1.80. The SMILES string of the molecule is CCNC(C)c1ccc(N(C)CC(F)(F)F)cc1. The van der Waals surface area contributed by atoms with Gasteiger partial charge in [0.2, 0.25) is 0 Å². The Hall–Kier alpha value is -1.23. The molecule has 2 nitrogen and oxygen atoms in total. The fraction of sp³-hybridized carbons (Fsp3) is 0.538. The Bertz CT molecular complexity index is 359. The largest absolute Gasteiger partial charge is 0.405 e. The molecule has 0 radical (unpaired) electrons. The zero-order chi connectivity index (χ0) is 13.8. The number of rotatable bonds is 5. The van der Waals surface area contributed by atoms with Crippen molar-refractivity contribution in [3.05, 3.63) is 29.8 Å². The molecule has 1 aromatic carbocycles. The maximum atomic E-state index is 12.2. The van der Waals surface area contributed by atoms with Crippen LogP contribution in [0.2, 0.25) is 0 Å². The third-order valence-electron chi connectivity index (χ3n) is 2.76. The first-order valence-corrected chi connectivity index (χ1v) is 5.94. The van der Waals surface area contributed by atoms with Crippen molar-refractivity contribution in [1.82, 2.24) is 5.32 Å². The van der Waals surface area contributed by atoms with E-state index >= 15 is 0 Å². The third-order valence-corrected chi connectivity index (χ3v) is 2.76. The quantitative estimate of drug-likeness (QED) is 0.873. The highest BCUT2D eigenvalue weighted by atomic mass is 19.4. The summed E-state index contributed by atoms with van der Waals surface area (Å²) in [6.07, 6.45) is -4.18. The van der Waals surface area contributed by atoms with Crippen LogP contribution >= 0.6 is 0 Å². The highest BCUT2D eigenvalue weighted by Crippen LogP contribution is 2.22. The molecule has 0 aliphatic rings. The summed E-state index contributed by atoms with van der Waals surface area (Å²) in [4.78, 5) is 1.20. The highest BCUT2D eigenvalue weighted by Gasteiger charge is 2.29. The van der Waals surface area contributed by atoms with E-state index in [1.807, 2.05) is 26.0 Å². The van der Waals surface area contributed by atoms with E-state index in [1.165, 1.54) is 11.9 Å². The second-order valence-corrected chi connectivity index (χ2v) is 4.34. The van der Waals surface area contributed by atoms with Crippen molar-refractivity contribution in [3.8, 4) is 0 Å². The van der Waals surface area contributed by atoms with Crippen molar-refractivity contribution < 1.29 is 13.2 Å². The minimum Gasteiger partial charge on any atom is -0.366 e. The van der Waals surface area contributed by atoms with Crippen LogP contribution in [0.15, 0.2) is 24.3 Å². The maximum absolute atomic E-state index is 12.2. The van der Waals surface area contributed by atoms with Crippen LogP contribution in [0.3, 0.4) is 0 Å². The van der Waals surface area contributed by atoms with Gasteiger partial charge in [-0.3, -0.25) is 0 Å². The van der Waals surface area contributed by atoms with Crippen molar-refractivity contribution in [2.75, 3.05) is 25.0 Å². The molecule has 102 valence electrons. The average molecular weight is 260 g/mol. The van der Waals surface area contributed by atoms with Gasteiger partial charge in [-0.05, 0) is 31.2 Å². The van der Waals surface area contributed by atoms with E-state index in [0.717, 1.165) is 12.1 Å². The van der Waals surface area contributed by atoms with E-state index in [-0.39, 0.29) is 6.04 Å². The minimum absolute atomic E-state index is 0.206. The molecule has 0 amide bonds. The summed E-state index contributed by atoms with van der Waals surface area (Å²) in [7, 11) is 1.44. The first-order chi connectivity index (χ1) is 8.33. The molecule has 1 atom stereocenters. The van der Waals surface area contributed by atoms with Crippen LogP contribution in [0, 0.1) is 0 Å². The molecule has 5 heteroatoms. The van der Waals surface area contributed by atoms with Crippen LogP contribution in [0.5, 0.6) is 0 Å². The summed E-state index contributed by atoms with van der Waals surface area (Å²) in [5.74, 6) is 0. The second kappa shape index (κ2) is 6.09. The summed E-state index contributed by atoms with van der Waals surface area (Å²) in [5, 5.41) is 3.26. The molecule has 1 aromatic rings. The summed E-state index contributed by atoms with van der Waals surface area (Å²) >= 11 is 0. The van der Waals surface area contributed by atoms with Crippen LogP contribution in [0.1, 0.15) is 25.5 Å². The molecule has 18 heavy (non-hydrogen) atoms. The predicted molar refractivity (Wildman–Crippen MR) is 67.9 cm³/mol. The van der Waals surface area contributed by atoms with Crippen molar-refractivity contribution in [1.29, 1.82) is 0 Å². The highest BCUT2D eigenvalue weighted by molar-refractivity contribution is 5.47. The van der Waals surface area contributed by atoms with E-state index in [2.05, 4.69) is 5.32 Å². The Morgan fingerprint density at radius 3 is 2.22 bits per heavy atom. The van der Waals surface area contributed by atoms with E-state index in [0.29, 0.717) is 5.69 Å². The van der Waals surface area contributed by atoms with Crippen LogP contribution in [-0.4, -0.2) is 26.3 Å². The molecular weight excluding hydrogens is 241 g/mol. The Labute approximate surface area is 106 Å². The monoisotopic (exact) mass is 260 g/mol. The lowest BCUT2D eigenvalue weighted by Crippen LogP contribution is -2.30. The Balaban J connectivity index is 2.70. The summed E-state index contributed by atoms with van der Waals surface area (Å²) in [6, 6.07) is 7.35. The van der Waals surface area contributed by atoms with Gasteiger partial charge < -0.3 is 10.2 Å². The van der Waals surface area contributed by atoms with Gasteiger partial charge in [0.1, 0.15) is 6.54 Å². The van der Waals surface area contributed by atoms with E-state index in [9.17, 15) is 13.2 Å². The number of nitrogens with one attached hydrogen (secondary N) is 1. The van der Waals surface area contributed by atoms with Crippen LogP contribution in [-0.2, 0) is 0 Å². The fourth-order valence-electron chi connectivity index (χ4n) is 1.80. The molecule has 0 saturated heterocycles. The maximum Gasteiger partial charge on any atom is 0.405 e. The molecule has 1 unspecified atom stereocenters. The molecule has 0 bridgehead atoms. The lowest BCUT2D eigenvalue weighted by molar-refractivity contribution is -0.119. The van der Waals surface area contributed by atoms with Gasteiger partial charge in [-0.15, -0.1) is 0 Å². The number of hydrogen-bond donors (Lipinski definition) is 1. The molecule has 1 rings (SSSR count). The second-order valence-electron chi connectivity index (χ2n) is 4.34. The van der Waals surface area contributed by atoms with Crippen molar-refractivity contribution in [2.45, 2.75) is 26.1 Å². The Kier molecular flexibility index (Phi) is 5.02. The van der Waals surface area contributed by atoms with Crippen LogP contribution in [0.25, 0.3) is 0 Å². The van der Waals surface area contributed by atoms with Crippen molar-refractivity contribution >= 4 is 5.69 Å². The van der Waals surface area contributed by atoms with Gasteiger partial charge in [0.05, 0.1) is 0 Å². The number of anilines is 1. The van der Waals surface area contributed by atoms with E-state index < -0.39 is 12.7 Å². The zero-order valence-electron chi connectivity index (χ0n) is 10.9. The van der Waals surface area contributed by atoms with Gasteiger partial charge in [-0.1, -0.05) is 19.1 Å². The van der Waals surface area contributed by atoms with Crippen molar-refractivity contribution in [2.24, 2.45) is 0 Å². The third kappa shape index (κ3) is 4.56. The number of halogens is 3. The van der Waals surface area contributed by atoms with Gasteiger partial charge in [0.25, 0.3) is 0 Å². The topological polar surface area (TPSA) is 15.3 Å². The summed E-state index contributed by atoms with van der Waals surface area (Å²) < 4.78 is 36.7.